The van der Waals surface area contributed by atoms with Crippen LogP contribution in [0.25, 0.3) is 0 Å². The normalized spacial score (nSPS) is 23.2. The van der Waals surface area contributed by atoms with Gasteiger partial charge in [0, 0.05) is 42.4 Å². The quantitative estimate of drug-likeness (QED) is 0.791. The minimum atomic E-state index is 0.516. The minimum Gasteiger partial charge on any atom is -0.381 e. The molecule has 0 amide bonds. The smallest absolute Gasteiger partial charge is 0.129 e. The lowest BCUT2D eigenvalue weighted by Crippen LogP contribution is -2.58. The van der Waals surface area contributed by atoms with Crippen molar-refractivity contribution in [3.05, 3.63) is 22.8 Å². The molecule has 0 radical (unpaired) electrons. The average molecular weight is 283 g/mol. The van der Waals surface area contributed by atoms with Crippen LogP contribution in [0.3, 0.4) is 0 Å². The summed E-state index contributed by atoms with van der Waals surface area (Å²) < 4.78 is 6.52. The van der Waals surface area contributed by atoms with E-state index in [-0.39, 0.29) is 0 Å². The Hall–Kier alpha value is -0.610. The summed E-state index contributed by atoms with van der Waals surface area (Å²) in [6, 6.07) is 4.06. The number of nitrogens with zero attached hydrogens (tertiary/aromatic N) is 2. The molecular weight excluding hydrogens is 268 g/mol. The van der Waals surface area contributed by atoms with E-state index in [1.165, 1.54) is 12.8 Å². The van der Waals surface area contributed by atoms with Crippen LogP contribution in [0.1, 0.15) is 12.8 Å². The Labute approximate surface area is 104 Å². The van der Waals surface area contributed by atoms with Crippen molar-refractivity contribution in [2.24, 2.45) is 5.41 Å². The molecule has 3 heterocycles. The lowest BCUT2D eigenvalue weighted by Gasteiger charge is -2.52. The van der Waals surface area contributed by atoms with Gasteiger partial charge in [-0.05, 0) is 25.0 Å². The molecule has 3 rings (SSSR count). The molecule has 1 aromatic heterocycles. The summed E-state index contributed by atoms with van der Waals surface area (Å²) in [5.74, 6) is 1.09. The van der Waals surface area contributed by atoms with Crippen LogP contribution in [0, 0.1) is 5.41 Å². The van der Waals surface area contributed by atoms with Gasteiger partial charge >= 0.3 is 0 Å². The van der Waals surface area contributed by atoms with E-state index in [2.05, 4.69) is 31.9 Å². The molecule has 0 saturated carbocycles. The van der Waals surface area contributed by atoms with Crippen LogP contribution in [-0.2, 0) is 4.74 Å². The molecule has 1 spiro atoms. The number of anilines is 1. The highest BCUT2D eigenvalue weighted by atomic mass is 79.9. The maximum atomic E-state index is 5.42. The molecule has 2 aliphatic heterocycles. The van der Waals surface area contributed by atoms with Crippen molar-refractivity contribution in [2.75, 3.05) is 31.2 Å². The SMILES string of the molecule is Brc1ccnc(N2CC3(CCOCC3)C2)c1. The van der Waals surface area contributed by atoms with Crippen molar-refractivity contribution in [2.45, 2.75) is 12.8 Å². The molecule has 3 nitrogen and oxygen atoms in total. The third-order valence-corrected chi connectivity index (χ3v) is 4.13. The van der Waals surface area contributed by atoms with Gasteiger partial charge in [-0.15, -0.1) is 0 Å². The van der Waals surface area contributed by atoms with Crippen LogP contribution in [0.5, 0.6) is 0 Å². The van der Waals surface area contributed by atoms with Gasteiger partial charge in [0.2, 0.25) is 0 Å². The van der Waals surface area contributed by atoms with Gasteiger partial charge in [0.15, 0.2) is 0 Å². The molecule has 0 atom stereocenters. The summed E-state index contributed by atoms with van der Waals surface area (Å²) in [5, 5.41) is 0. The highest BCUT2D eigenvalue weighted by Crippen LogP contribution is 2.41. The second-order valence-electron chi connectivity index (χ2n) is 4.80. The monoisotopic (exact) mass is 282 g/mol. The van der Waals surface area contributed by atoms with Gasteiger partial charge in [-0.25, -0.2) is 4.98 Å². The van der Waals surface area contributed by atoms with E-state index in [4.69, 9.17) is 4.74 Å². The van der Waals surface area contributed by atoms with Crippen LogP contribution < -0.4 is 4.90 Å². The molecule has 0 aliphatic carbocycles. The van der Waals surface area contributed by atoms with Gasteiger partial charge in [-0.1, -0.05) is 15.9 Å². The molecule has 0 N–H and O–H groups in total. The van der Waals surface area contributed by atoms with Gasteiger partial charge in [-0.2, -0.15) is 0 Å². The molecular formula is C12H15BrN2O. The Morgan fingerprint density at radius 1 is 1.31 bits per heavy atom. The molecule has 4 heteroatoms. The van der Waals surface area contributed by atoms with Crippen LogP contribution in [0.2, 0.25) is 0 Å². The van der Waals surface area contributed by atoms with Crippen LogP contribution >= 0.6 is 15.9 Å². The summed E-state index contributed by atoms with van der Waals surface area (Å²) in [4.78, 5) is 6.76. The van der Waals surface area contributed by atoms with E-state index in [9.17, 15) is 0 Å². The highest BCUT2D eigenvalue weighted by molar-refractivity contribution is 9.10. The molecule has 2 aliphatic rings. The molecule has 2 saturated heterocycles. The third kappa shape index (κ3) is 1.84. The van der Waals surface area contributed by atoms with E-state index in [1.54, 1.807) is 0 Å². The Morgan fingerprint density at radius 3 is 2.75 bits per heavy atom. The maximum Gasteiger partial charge on any atom is 0.129 e. The van der Waals surface area contributed by atoms with Gasteiger partial charge in [0.1, 0.15) is 5.82 Å². The molecule has 1 aromatic rings. The fourth-order valence-corrected chi connectivity index (χ4v) is 2.94. The lowest BCUT2D eigenvalue weighted by atomic mass is 9.73. The van der Waals surface area contributed by atoms with E-state index >= 15 is 0 Å². The van der Waals surface area contributed by atoms with Gasteiger partial charge < -0.3 is 9.64 Å². The summed E-state index contributed by atoms with van der Waals surface area (Å²) in [5.41, 5.74) is 0.516. The fraction of sp³-hybridized carbons (Fsp3) is 0.583. The van der Waals surface area contributed by atoms with E-state index in [0.29, 0.717) is 5.41 Å². The van der Waals surface area contributed by atoms with E-state index in [1.807, 2.05) is 12.3 Å². The second kappa shape index (κ2) is 4.00. The zero-order valence-corrected chi connectivity index (χ0v) is 10.7. The fourth-order valence-electron chi connectivity index (χ4n) is 2.61. The largest absolute Gasteiger partial charge is 0.381 e. The predicted octanol–water partition coefficient (Wildman–Crippen LogP) is 2.46. The molecule has 0 bridgehead atoms. The number of aromatic nitrogens is 1. The highest BCUT2D eigenvalue weighted by Gasteiger charge is 2.44. The summed E-state index contributed by atoms with van der Waals surface area (Å²) in [6.45, 7) is 4.14. The number of pyridine rings is 1. The second-order valence-corrected chi connectivity index (χ2v) is 5.72. The zero-order chi connectivity index (χ0) is 11.0. The number of ether oxygens (including phenoxy) is 1. The molecule has 16 heavy (non-hydrogen) atoms. The van der Waals surface area contributed by atoms with Crippen LogP contribution in [-0.4, -0.2) is 31.3 Å². The Morgan fingerprint density at radius 2 is 2.06 bits per heavy atom. The number of hydrogen-bond acceptors (Lipinski definition) is 3. The van der Waals surface area contributed by atoms with Crippen molar-refractivity contribution >= 4 is 21.7 Å². The van der Waals surface area contributed by atoms with Crippen molar-refractivity contribution < 1.29 is 4.74 Å². The van der Waals surface area contributed by atoms with Crippen molar-refractivity contribution in [3.8, 4) is 0 Å². The maximum absolute atomic E-state index is 5.42. The lowest BCUT2D eigenvalue weighted by molar-refractivity contribution is -0.000456. The molecule has 86 valence electrons. The van der Waals surface area contributed by atoms with Gasteiger partial charge in [-0.3, -0.25) is 0 Å². The summed E-state index contributed by atoms with van der Waals surface area (Å²) in [6.07, 6.45) is 4.27. The van der Waals surface area contributed by atoms with Crippen LogP contribution in [0.15, 0.2) is 22.8 Å². The van der Waals surface area contributed by atoms with Crippen molar-refractivity contribution in [1.82, 2.24) is 4.98 Å². The summed E-state index contributed by atoms with van der Waals surface area (Å²) in [7, 11) is 0. The Bertz CT molecular complexity index is 382. The van der Waals surface area contributed by atoms with Gasteiger partial charge in [0.05, 0.1) is 0 Å². The van der Waals surface area contributed by atoms with Gasteiger partial charge in [0.25, 0.3) is 0 Å². The first-order chi connectivity index (χ1) is 7.77. The van der Waals surface area contributed by atoms with Crippen molar-refractivity contribution in [1.29, 1.82) is 0 Å². The van der Waals surface area contributed by atoms with Crippen LogP contribution in [0.4, 0.5) is 5.82 Å². The zero-order valence-electron chi connectivity index (χ0n) is 9.16. The third-order valence-electron chi connectivity index (χ3n) is 3.64. The number of hydrogen-bond donors (Lipinski definition) is 0. The number of rotatable bonds is 1. The standard InChI is InChI=1S/C12H15BrN2O/c13-10-1-4-14-11(7-10)15-8-12(9-15)2-5-16-6-3-12/h1,4,7H,2-3,5-6,8-9H2. The first kappa shape index (κ1) is 10.5. The molecule has 0 aromatic carbocycles. The Balaban J connectivity index is 1.68. The minimum absolute atomic E-state index is 0.516. The molecule has 2 fully saturated rings. The van der Waals surface area contributed by atoms with E-state index < -0.39 is 0 Å². The first-order valence-electron chi connectivity index (χ1n) is 5.72. The summed E-state index contributed by atoms with van der Waals surface area (Å²) >= 11 is 3.48. The van der Waals surface area contributed by atoms with Crippen molar-refractivity contribution in [3.63, 3.8) is 0 Å². The first-order valence-corrected chi connectivity index (χ1v) is 6.51. The predicted molar refractivity (Wildman–Crippen MR) is 66.6 cm³/mol. The topological polar surface area (TPSA) is 25.4 Å². The molecule has 0 unspecified atom stereocenters. The average Bonchev–Trinajstić information content (AvgIpc) is 2.27. The number of halogens is 1. The Kier molecular flexibility index (Phi) is 2.64. The van der Waals surface area contributed by atoms with E-state index in [0.717, 1.165) is 36.6 Å².